The molecule has 1 amide bonds. The van der Waals surface area contributed by atoms with Crippen LogP contribution in [-0.4, -0.2) is 53.9 Å². The number of nitrogens with zero attached hydrogens (tertiary/aromatic N) is 4. The normalized spacial score (nSPS) is 15.3. The van der Waals surface area contributed by atoms with E-state index in [2.05, 4.69) is 10.00 Å². The SMILES string of the molecule is COc1ccc(N2CCN(C(=O)c3ccc(-n4nc(C(F)(F)F)c5c4-c4ccoc4CC5)cc3)CC2)cc1. The van der Waals surface area contributed by atoms with Gasteiger partial charge in [-0.15, -0.1) is 0 Å². The molecule has 1 saturated heterocycles. The first-order valence-corrected chi connectivity index (χ1v) is 12.4. The van der Waals surface area contributed by atoms with Gasteiger partial charge in [0, 0.05) is 55.0 Å². The molecule has 10 heteroatoms. The largest absolute Gasteiger partial charge is 0.497 e. The first-order chi connectivity index (χ1) is 18.3. The van der Waals surface area contributed by atoms with Crippen LogP contribution in [-0.2, 0) is 19.0 Å². The third-order valence-electron chi connectivity index (χ3n) is 7.22. The van der Waals surface area contributed by atoms with E-state index in [1.165, 1.54) is 10.9 Å². The second-order valence-corrected chi connectivity index (χ2v) is 9.37. The molecule has 0 spiro atoms. The second-order valence-electron chi connectivity index (χ2n) is 9.37. The van der Waals surface area contributed by atoms with Gasteiger partial charge in [0.2, 0.25) is 0 Å². The molecule has 4 aromatic rings. The van der Waals surface area contributed by atoms with Crippen molar-refractivity contribution >= 4 is 11.6 Å². The Kier molecular flexibility index (Phi) is 5.89. The highest BCUT2D eigenvalue weighted by Gasteiger charge is 2.41. The van der Waals surface area contributed by atoms with Crippen LogP contribution >= 0.6 is 0 Å². The number of aryl methyl sites for hydroxylation is 1. The number of benzene rings is 2. The molecule has 2 aromatic carbocycles. The van der Waals surface area contributed by atoms with Crippen LogP contribution in [0, 0.1) is 0 Å². The minimum absolute atomic E-state index is 0.110. The molecule has 0 bridgehead atoms. The van der Waals surface area contributed by atoms with E-state index in [9.17, 15) is 18.0 Å². The second kappa shape index (κ2) is 9.27. The van der Waals surface area contributed by atoms with Crippen LogP contribution in [0.3, 0.4) is 0 Å². The van der Waals surface area contributed by atoms with E-state index in [1.54, 1.807) is 42.3 Å². The number of aromatic nitrogens is 2. The number of carbonyl (C=O) groups is 1. The summed E-state index contributed by atoms with van der Waals surface area (Å²) in [5.74, 6) is 1.33. The molecule has 0 saturated carbocycles. The van der Waals surface area contributed by atoms with Crippen molar-refractivity contribution in [2.45, 2.75) is 19.0 Å². The monoisotopic (exact) mass is 522 g/mol. The number of fused-ring (bicyclic) bond motifs is 3. The molecule has 1 aliphatic carbocycles. The lowest BCUT2D eigenvalue weighted by Crippen LogP contribution is -2.48. The number of methoxy groups -OCH3 is 1. The molecule has 1 aliphatic heterocycles. The predicted octanol–water partition coefficient (Wildman–Crippen LogP) is 5.22. The van der Waals surface area contributed by atoms with Crippen LogP contribution < -0.4 is 9.64 Å². The fourth-order valence-corrected chi connectivity index (χ4v) is 5.25. The van der Waals surface area contributed by atoms with Gasteiger partial charge in [-0.2, -0.15) is 18.3 Å². The molecule has 196 valence electrons. The number of hydrogen-bond acceptors (Lipinski definition) is 5. The van der Waals surface area contributed by atoms with E-state index in [0.717, 1.165) is 11.4 Å². The van der Waals surface area contributed by atoms with Gasteiger partial charge in [0.15, 0.2) is 5.69 Å². The smallest absolute Gasteiger partial charge is 0.435 e. The molecule has 7 nitrogen and oxygen atoms in total. The lowest BCUT2D eigenvalue weighted by molar-refractivity contribution is -0.142. The summed E-state index contributed by atoms with van der Waals surface area (Å²) in [6.45, 7) is 2.53. The number of piperazine rings is 1. The average Bonchev–Trinajstić information content (AvgIpc) is 3.58. The van der Waals surface area contributed by atoms with Gasteiger partial charge in [0.05, 0.1) is 24.8 Å². The van der Waals surface area contributed by atoms with Gasteiger partial charge in [0.1, 0.15) is 11.5 Å². The van der Waals surface area contributed by atoms with Crippen LogP contribution in [0.5, 0.6) is 5.75 Å². The topological polar surface area (TPSA) is 63.7 Å². The van der Waals surface area contributed by atoms with E-state index in [4.69, 9.17) is 9.15 Å². The number of rotatable bonds is 4. The zero-order valence-electron chi connectivity index (χ0n) is 20.7. The van der Waals surface area contributed by atoms with Gasteiger partial charge in [-0.1, -0.05) is 0 Å². The van der Waals surface area contributed by atoms with E-state index in [0.29, 0.717) is 60.9 Å². The maximum absolute atomic E-state index is 13.8. The van der Waals surface area contributed by atoms with Crippen LogP contribution in [0.4, 0.5) is 18.9 Å². The molecule has 3 heterocycles. The molecule has 0 radical (unpaired) electrons. The highest BCUT2D eigenvalue weighted by Crippen LogP contribution is 2.42. The maximum atomic E-state index is 13.8. The molecule has 2 aliphatic rings. The fourth-order valence-electron chi connectivity index (χ4n) is 5.25. The molecular weight excluding hydrogens is 497 g/mol. The van der Waals surface area contributed by atoms with Crippen molar-refractivity contribution in [1.82, 2.24) is 14.7 Å². The summed E-state index contributed by atoms with van der Waals surface area (Å²) < 4.78 is 53.4. The third-order valence-corrected chi connectivity index (χ3v) is 7.22. The van der Waals surface area contributed by atoms with Crippen LogP contribution in [0.2, 0.25) is 0 Å². The Hall–Kier alpha value is -4.21. The number of halogens is 3. The minimum Gasteiger partial charge on any atom is -0.497 e. The summed E-state index contributed by atoms with van der Waals surface area (Å²) >= 11 is 0. The zero-order valence-corrected chi connectivity index (χ0v) is 20.7. The molecule has 1 fully saturated rings. The first-order valence-electron chi connectivity index (χ1n) is 12.4. The highest BCUT2D eigenvalue weighted by molar-refractivity contribution is 5.94. The first kappa shape index (κ1) is 24.1. The van der Waals surface area contributed by atoms with Gasteiger partial charge < -0.3 is 19.0 Å². The van der Waals surface area contributed by atoms with Crippen molar-refractivity contribution < 1.29 is 27.1 Å². The predicted molar refractivity (Wildman–Crippen MR) is 135 cm³/mol. The molecule has 2 aromatic heterocycles. The Balaban J connectivity index is 1.21. The van der Waals surface area contributed by atoms with Gasteiger partial charge in [-0.25, -0.2) is 4.68 Å². The molecule has 0 atom stereocenters. The molecule has 6 rings (SSSR count). The Morgan fingerprint density at radius 3 is 2.26 bits per heavy atom. The number of amides is 1. The summed E-state index contributed by atoms with van der Waals surface area (Å²) in [5.41, 5.74) is 2.30. The van der Waals surface area contributed by atoms with Crippen molar-refractivity contribution in [1.29, 1.82) is 0 Å². The van der Waals surface area contributed by atoms with Crippen molar-refractivity contribution in [2.75, 3.05) is 38.2 Å². The summed E-state index contributed by atoms with van der Waals surface area (Å²) in [4.78, 5) is 17.2. The number of furan rings is 1. The fraction of sp³-hybridized carbons (Fsp3) is 0.286. The van der Waals surface area contributed by atoms with Crippen LogP contribution in [0.1, 0.15) is 27.4 Å². The lowest BCUT2D eigenvalue weighted by atomic mass is 9.94. The Morgan fingerprint density at radius 1 is 0.921 bits per heavy atom. The number of hydrogen-bond donors (Lipinski definition) is 0. The summed E-state index contributed by atoms with van der Waals surface area (Å²) in [6, 6.07) is 16.1. The summed E-state index contributed by atoms with van der Waals surface area (Å²) in [5, 5.41) is 3.97. The Morgan fingerprint density at radius 2 is 1.61 bits per heavy atom. The van der Waals surface area contributed by atoms with Crippen molar-refractivity contribution in [3.63, 3.8) is 0 Å². The van der Waals surface area contributed by atoms with Crippen molar-refractivity contribution in [2.24, 2.45) is 0 Å². The van der Waals surface area contributed by atoms with Crippen molar-refractivity contribution in [3.05, 3.63) is 83.4 Å². The quantitative estimate of drug-likeness (QED) is 0.368. The summed E-state index contributed by atoms with van der Waals surface area (Å²) in [6.07, 6.45) is -2.49. The van der Waals surface area contributed by atoms with E-state index in [-0.39, 0.29) is 17.9 Å². The molecule has 38 heavy (non-hydrogen) atoms. The van der Waals surface area contributed by atoms with Crippen molar-refractivity contribution in [3.8, 4) is 22.7 Å². The van der Waals surface area contributed by atoms with E-state index < -0.39 is 11.9 Å². The number of alkyl halides is 3. The molecule has 0 unspecified atom stereocenters. The summed E-state index contributed by atoms with van der Waals surface area (Å²) in [7, 11) is 1.63. The number of ether oxygens (including phenoxy) is 1. The van der Waals surface area contributed by atoms with Gasteiger partial charge in [-0.05, 0) is 61.0 Å². The lowest BCUT2D eigenvalue weighted by Gasteiger charge is -2.36. The average molecular weight is 523 g/mol. The van der Waals surface area contributed by atoms with E-state index >= 15 is 0 Å². The number of anilines is 1. The van der Waals surface area contributed by atoms with Crippen LogP contribution in [0.15, 0.2) is 65.3 Å². The Labute approximate surface area is 217 Å². The maximum Gasteiger partial charge on any atom is 0.435 e. The van der Waals surface area contributed by atoms with Gasteiger partial charge in [-0.3, -0.25) is 4.79 Å². The third kappa shape index (κ3) is 4.19. The molecule has 0 N–H and O–H groups in total. The zero-order chi connectivity index (χ0) is 26.4. The Bertz CT molecular complexity index is 1460. The molecular formula is C28H25F3N4O3. The van der Waals surface area contributed by atoms with Crippen LogP contribution in [0.25, 0.3) is 16.9 Å². The van der Waals surface area contributed by atoms with Gasteiger partial charge >= 0.3 is 6.18 Å². The minimum atomic E-state index is -4.57. The number of carbonyl (C=O) groups excluding carboxylic acids is 1. The van der Waals surface area contributed by atoms with Gasteiger partial charge in [0.25, 0.3) is 5.91 Å². The van der Waals surface area contributed by atoms with E-state index in [1.807, 2.05) is 24.3 Å². The highest BCUT2D eigenvalue weighted by atomic mass is 19.4. The standard InChI is InChI=1S/C28H25F3N4O3/c1-37-21-8-6-19(7-9-21)33-13-15-34(16-14-33)27(36)18-2-4-20(5-3-18)35-25-22-12-17-38-24(22)11-10-23(25)26(32-35)28(29,30)31/h2-9,12,17H,10-11,13-16H2,1H3.